The van der Waals surface area contributed by atoms with Crippen LogP contribution in [0, 0.1) is 6.92 Å². The summed E-state index contributed by atoms with van der Waals surface area (Å²) < 4.78 is 5.64. The third kappa shape index (κ3) is 2.36. The Bertz CT molecular complexity index is 392. The zero-order valence-corrected chi connectivity index (χ0v) is 8.88. The number of benzene rings is 1. The van der Waals surface area contributed by atoms with Crippen molar-refractivity contribution in [2.24, 2.45) is 0 Å². The number of hydrogen-bond donors (Lipinski definition) is 0. The van der Waals surface area contributed by atoms with E-state index in [0.717, 1.165) is 5.75 Å². The van der Waals surface area contributed by atoms with Crippen LogP contribution in [0.25, 0.3) is 0 Å². The van der Waals surface area contributed by atoms with Crippen LogP contribution in [0.5, 0.6) is 5.75 Å². The lowest BCUT2D eigenvalue weighted by molar-refractivity contribution is 0.306. The Morgan fingerprint density at radius 3 is 2.93 bits per heavy atom. The van der Waals surface area contributed by atoms with E-state index in [-0.39, 0.29) is 0 Å². The van der Waals surface area contributed by atoms with Crippen LogP contribution >= 0.6 is 11.3 Å². The van der Waals surface area contributed by atoms with Crippen LogP contribution in [0.15, 0.2) is 41.1 Å². The monoisotopic (exact) mass is 204 g/mol. The summed E-state index contributed by atoms with van der Waals surface area (Å²) in [6.07, 6.45) is 0. The van der Waals surface area contributed by atoms with Crippen LogP contribution in [0.4, 0.5) is 0 Å². The van der Waals surface area contributed by atoms with Gasteiger partial charge in [0, 0.05) is 0 Å². The smallest absolute Gasteiger partial charge is 0.120 e. The van der Waals surface area contributed by atoms with E-state index in [4.69, 9.17) is 4.74 Å². The van der Waals surface area contributed by atoms with Crippen molar-refractivity contribution in [2.75, 3.05) is 0 Å². The normalized spacial score (nSPS) is 10.1. The van der Waals surface area contributed by atoms with Crippen molar-refractivity contribution in [3.05, 3.63) is 52.2 Å². The molecule has 0 saturated heterocycles. The van der Waals surface area contributed by atoms with Crippen LogP contribution in [0.3, 0.4) is 0 Å². The first kappa shape index (κ1) is 9.28. The fourth-order valence-corrected chi connectivity index (χ4v) is 1.90. The summed E-state index contributed by atoms with van der Waals surface area (Å²) in [5.74, 6) is 0.941. The molecule has 1 aromatic carbocycles. The lowest BCUT2D eigenvalue weighted by Crippen LogP contribution is -1.93. The molecule has 0 aliphatic carbocycles. The quantitative estimate of drug-likeness (QED) is 0.741. The molecule has 2 rings (SSSR count). The van der Waals surface area contributed by atoms with Gasteiger partial charge in [-0.15, -0.1) is 0 Å². The molecule has 0 amide bonds. The standard InChI is InChI=1S/C12H12OS/c1-10-3-2-4-12(7-10)13-8-11-5-6-14-9-11/h2-7,9H,8H2,1H3. The first-order chi connectivity index (χ1) is 6.84. The Kier molecular flexibility index (Phi) is 2.84. The van der Waals surface area contributed by atoms with Gasteiger partial charge < -0.3 is 4.74 Å². The molecule has 0 unspecified atom stereocenters. The van der Waals surface area contributed by atoms with E-state index < -0.39 is 0 Å². The Morgan fingerprint density at radius 1 is 1.29 bits per heavy atom. The molecule has 0 spiro atoms. The molecule has 1 nitrogen and oxygen atoms in total. The van der Waals surface area contributed by atoms with Gasteiger partial charge in [-0.1, -0.05) is 12.1 Å². The zero-order chi connectivity index (χ0) is 9.80. The molecule has 72 valence electrons. The van der Waals surface area contributed by atoms with Gasteiger partial charge in [0.2, 0.25) is 0 Å². The van der Waals surface area contributed by atoms with Crippen LogP contribution in [-0.4, -0.2) is 0 Å². The molecule has 0 bridgehead atoms. The van der Waals surface area contributed by atoms with Gasteiger partial charge in [0.1, 0.15) is 12.4 Å². The molecule has 0 aliphatic rings. The molecule has 0 radical (unpaired) electrons. The van der Waals surface area contributed by atoms with Crippen molar-refractivity contribution >= 4 is 11.3 Å². The summed E-state index contributed by atoms with van der Waals surface area (Å²) in [7, 11) is 0. The van der Waals surface area contributed by atoms with Crippen LogP contribution in [0.2, 0.25) is 0 Å². The van der Waals surface area contributed by atoms with Gasteiger partial charge in [-0.2, -0.15) is 11.3 Å². The third-order valence-corrected chi connectivity index (χ3v) is 2.71. The molecule has 0 N–H and O–H groups in total. The van der Waals surface area contributed by atoms with Gasteiger partial charge in [0.05, 0.1) is 0 Å². The van der Waals surface area contributed by atoms with E-state index in [1.807, 2.05) is 18.2 Å². The Labute approximate surface area is 88.0 Å². The van der Waals surface area contributed by atoms with E-state index in [2.05, 4.69) is 29.8 Å². The lowest BCUT2D eigenvalue weighted by Gasteiger charge is -2.04. The molecule has 0 atom stereocenters. The first-order valence-electron chi connectivity index (χ1n) is 4.55. The summed E-state index contributed by atoms with van der Waals surface area (Å²) in [5, 5.41) is 4.17. The molecule has 2 aromatic rings. The number of ether oxygens (including phenoxy) is 1. The van der Waals surface area contributed by atoms with E-state index in [1.54, 1.807) is 11.3 Å². The van der Waals surface area contributed by atoms with Crippen molar-refractivity contribution in [2.45, 2.75) is 13.5 Å². The van der Waals surface area contributed by atoms with Crippen molar-refractivity contribution < 1.29 is 4.74 Å². The Morgan fingerprint density at radius 2 is 2.21 bits per heavy atom. The van der Waals surface area contributed by atoms with Crippen molar-refractivity contribution in [1.82, 2.24) is 0 Å². The predicted octanol–water partition coefficient (Wildman–Crippen LogP) is 3.64. The molecular weight excluding hydrogens is 192 g/mol. The van der Waals surface area contributed by atoms with E-state index in [9.17, 15) is 0 Å². The maximum absolute atomic E-state index is 5.64. The molecule has 14 heavy (non-hydrogen) atoms. The highest BCUT2D eigenvalue weighted by molar-refractivity contribution is 7.07. The number of thiophene rings is 1. The average Bonchev–Trinajstić information content (AvgIpc) is 2.67. The largest absolute Gasteiger partial charge is 0.489 e. The van der Waals surface area contributed by atoms with Gasteiger partial charge in [-0.25, -0.2) is 0 Å². The fourth-order valence-electron chi connectivity index (χ4n) is 1.25. The Hall–Kier alpha value is -1.28. The van der Waals surface area contributed by atoms with Crippen molar-refractivity contribution in [1.29, 1.82) is 0 Å². The minimum Gasteiger partial charge on any atom is -0.489 e. The molecule has 0 aliphatic heterocycles. The van der Waals surface area contributed by atoms with Gasteiger partial charge in [0.25, 0.3) is 0 Å². The molecule has 0 saturated carbocycles. The van der Waals surface area contributed by atoms with E-state index in [1.165, 1.54) is 11.1 Å². The van der Waals surface area contributed by atoms with Gasteiger partial charge in [-0.05, 0) is 47.0 Å². The first-order valence-corrected chi connectivity index (χ1v) is 5.49. The summed E-state index contributed by atoms with van der Waals surface area (Å²) in [6.45, 7) is 2.73. The second-order valence-electron chi connectivity index (χ2n) is 3.24. The summed E-state index contributed by atoms with van der Waals surface area (Å²) in [5.41, 5.74) is 2.46. The molecule has 0 fully saturated rings. The maximum Gasteiger partial charge on any atom is 0.120 e. The fraction of sp³-hybridized carbons (Fsp3) is 0.167. The van der Waals surface area contributed by atoms with Crippen molar-refractivity contribution in [3.63, 3.8) is 0 Å². The maximum atomic E-state index is 5.64. The topological polar surface area (TPSA) is 9.23 Å². The van der Waals surface area contributed by atoms with Gasteiger partial charge in [0.15, 0.2) is 0 Å². The average molecular weight is 204 g/mol. The summed E-state index contributed by atoms with van der Waals surface area (Å²) >= 11 is 1.70. The van der Waals surface area contributed by atoms with E-state index in [0.29, 0.717) is 6.61 Å². The van der Waals surface area contributed by atoms with Gasteiger partial charge in [-0.3, -0.25) is 0 Å². The molecule has 2 heteroatoms. The van der Waals surface area contributed by atoms with Crippen molar-refractivity contribution in [3.8, 4) is 5.75 Å². The molecule has 1 heterocycles. The highest BCUT2D eigenvalue weighted by atomic mass is 32.1. The number of aryl methyl sites for hydroxylation is 1. The minimum absolute atomic E-state index is 0.660. The minimum atomic E-state index is 0.660. The third-order valence-electron chi connectivity index (χ3n) is 1.98. The second kappa shape index (κ2) is 4.29. The van der Waals surface area contributed by atoms with Crippen LogP contribution in [0.1, 0.15) is 11.1 Å². The Balaban J connectivity index is 1.98. The second-order valence-corrected chi connectivity index (χ2v) is 4.02. The zero-order valence-electron chi connectivity index (χ0n) is 8.07. The summed E-state index contributed by atoms with van der Waals surface area (Å²) in [4.78, 5) is 0. The molecule has 1 aromatic heterocycles. The summed E-state index contributed by atoms with van der Waals surface area (Å²) in [6, 6.07) is 10.2. The van der Waals surface area contributed by atoms with Crippen LogP contribution in [-0.2, 0) is 6.61 Å². The molecular formula is C12H12OS. The number of rotatable bonds is 3. The number of hydrogen-bond acceptors (Lipinski definition) is 2. The predicted molar refractivity (Wildman–Crippen MR) is 59.8 cm³/mol. The van der Waals surface area contributed by atoms with Gasteiger partial charge >= 0.3 is 0 Å². The van der Waals surface area contributed by atoms with E-state index >= 15 is 0 Å². The lowest BCUT2D eigenvalue weighted by atomic mass is 10.2. The highest BCUT2D eigenvalue weighted by Gasteiger charge is 1.95. The highest BCUT2D eigenvalue weighted by Crippen LogP contribution is 2.15. The SMILES string of the molecule is Cc1cccc(OCc2ccsc2)c1. The van der Waals surface area contributed by atoms with Crippen LogP contribution < -0.4 is 4.74 Å².